The minimum absolute atomic E-state index is 0.0566. The maximum absolute atomic E-state index is 5.59. The summed E-state index contributed by atoms with van der Waals surface area (Å²) in [5.74, 6) is 0. The molecule has 0 radical (unpaired) electrons. The smallest absolute Gasteiger partial charge is 0.170 e. The third-order valence-electron chi connectivity index (χ3n) is 2.82. The summed E-state index contributed by atoms with van der Waals surface area (Å²) in [6, 6.07) is 0.394. The monoisotopic (exact) mass is 201 g/mol. The second-order valence-corrected chi connectivity index (χ2v) is 3.92. The van der Waals surface area contributed by atoms with Gasteiger partial charge in [0.1, 0.15) is 0 Å². The molecule has 1 N–H and O–H groups in total. The molecular formula is C10H19NO3. The van der Waals surface area contributed by atoms with Crippen molar-refractivity contribution in [3.63, 3.8) is 0 Å². The average Bonchev–Trinajstić information content (AvgIpc) is 2.87. The van der Waals surface area contributed by atoms with E-state index in [0.717, 1.165) is 26.4 Å². The van der Waals surface area contributed by atoms with Crippen LogP contribution in [0.25, 0.3) is 0 Å². The van der Waals surface area contributed by atoms with Gasteiger partial charge in [-0.05, 0) is 19.8 Å². The number of hydrogen-bond acceptors (Lipinski definition) is 4. The lowest BCUT2D eigenvalue weighted by atomic mass is 10.1. The van der Waals surface area contributed by atoms with Gasteiger partial charge in [-0.2, -0.15) is 0 Å². The van der Waals surface area contributed by atoms with Crippen LogP contribution < -0.4 is 5.32 Å². The molecule has 0 saturated carbocycles. The van der Waals surface area contributed by atoms with E-state index in [1.54, 1.807) is 0 Å². The van der Waals surface area contributed by atoms with Crippen LogP contribution in [0.5, 0.6) is 0 Å². The lowest BCUT2D eigenvalue weighted by Crippen LogP contribution is -2.41. The molecule has 2 aliphatic rings. The van der Waals surface area contributed by atoms with Crippen molar-refractivity contribution in [1.29, 1.82) is 0 Å². The summed E-state index contributed by atoms with van der Waals surface area (Å²) in [6.07, 6.45) is 2.67. The minimum Gasteiger partial charge on any atom is -0.377 e. The maximum Gasteiger partial charge on any atom is 0.170 e. The van der Waals surface area contributed by atoms with Crippen molar-refractivity contribution in [3.05, 3.63) is 0 Å². The van der Waals surface area contributed by atoms with Crippen molar-refractivity contribution in [2.75, 3.05) is 26.4 Å². The van der Waals surface area contributed by atoms with Gasteiger partial charge in [0.15, 0.2) is 6.29 Å². The molecule has 82 valence electrons. The van der Waals surface area contributed by atoms with E-state index in [2.05, 4.69) is 12.2 Å². The van der Waals surface area contributed by atoms with E-state index < -0.39 is 0 Å². The summed E-state index contributed by atoms with van der Waals surface area (Å²) in [5, 5.41) is 3.39. The molecule has 0 unspecified atom stereocenters. The van der Waals surface area contributed by atoms with Crippen molar-refractivity contribution in [2.45, 2.75) is 38.2 Å². The summed E-state index contributed by atoms with van der Waals surface area (Å²) in [6.45, 7) is 5.28. The third-order valence-corrected chi connectivity index (χ3v) is 2.82. The molecule has 2 aliphatic heterocycles. The van der Waals surface area contributed by atoms with E-state index in [4.69, 9.17) is 14.2 Å². The van der Waals surface area contributed by atoms with E-state index in [1.165, 1.54) is 12.8 Å². The van der Waals surface area contributed by atoms with E-state index in [-0.39, 0.29) is 6.29 Å². The zero-order chi connectivity index (χ0) is 9.80. The predicted molar refractivity (Wildman–Crippen MR) is 52.1 cm³/mol. The van der Waals surface area contributed by atoms with Crippen molar-refractivity contribution in [1.82, 2.24) is 5.32 Å². The molecule has 0 aromatic rings. The molecule has 0 aromatic carbocycles. The first-order valence-electron chi connectivity index (χ1n) is 5.44. The highest BCUT2D eigenvalue weighted by atomic mass is 16.7. The van der Waals surface area contributed by atoms with E-state index in [1.807, 2.05) is 0 Å². The number of ether oxygens (including phenoxy) is 3. The Bertz CT molecular complexity index is 165. The Hall–Kier alpha value is -0.160. The van der Waals surface area contributed by atoms with Crippen molar-refractivity contribution < 1.29 is 14.2 Å². The molecule has 2 heterocycles. The lowest BCUT2D eigenvalue weighted by molar-refractivity contribution is -0.0435. The van der Waals surface area contributed by atoms with Gasteiger partial charge in [0.05, 0.1) is 19.3 Å². The fourth-order valence-electron chi connectivity index (χ4n) is 1.94. The van der Waals surface area contributed by atoms with Crippen LogP contribution in [0, 0.1) is 0 Å². The Morgan fingerprint density at radius 1 is 1.21 bits per heavy atom. The molecule has 0 spiro atoms. The molecule has 0 amide bonds. The van der Waals surface area contributed by atoms with E-state index in [9.17, 15) is 0 Å². The molecule has 4 heteroatoms. The van der Waals surface area contributed by atoms with Crippen LogP contribution in [-0.4, -0.2) is 44.8 Å². The summed E-state index contributed by atoms with van der Waals surface area (Å²) in [7, 11) is 0. The SMILES string of the molecule is C[C@@H](NCC1OCCO1)[C@H]1CCCO1. The number of hydrogen-bond donors (Lipinski definition) is 1. The predicted octanol–water partition coefficient (Wildman–Crippen LogP) is 0.516. The van der Waals surface area contributed by atoms with E-state index >= 15 is 0 Å². The van der Waals surface area contributed by atoms with Crippen molar-refractivity contribution >= 4 is 0 Å². The molecular weight excluding hydrogens is 182 g/mol. The Labute approximate surface area is 84.9 Å². The average molecular weight is 201 g/mol. The maximum atomic E-state index is 5.59. The standard InChI is InChI=1S/C10H19NO3/c1-8(9-3-2-4-12-9)11-7-10-13-5-6-14-10/h8-11H,2-7H2,1H3/t8-,9-/m1/s1. The fourth-order valence-corrected chi connectivity index (χ4v) is 1.94. The normalized spacial score (nSPS) is 31.1. The number of nitrogens with one attached hydrogen (secondary N) is 1. The van der Waals surface area contributed by atoms with Crippen LogP contribution in [0.4, 0.5) is 0 Å². The van der Waals surface area contributed by atoms with Crippen LogP contribution in [-0.2, 0) is 14.2 Å². The van der Waals surface area contributed by atoms with Crippen LogP contribution in [0.3, 0.4) is 0 Å². The van der Waals surface area contributed by atoms with Crippen molar-refractivity contribution in [2.24, 2.45) is 0 Å². The Morgan fingerprint density at radius 2 is 2.00 bits per heavy atom. The van der Waals surface area contributed by atoms with Crippen LogP contribution in [0.15, 0.2) is 0 Å². The molecule has 14 heavy (non-hydrogen) atoms. The van der Waals surface area contributed by atoms with Gasteiger partial charge < -0.3 is 19.5 Å². The summed E-state index contributed by atoms with van der Waals surface area (Å²) in [5.41, 5.74) is 0. The van der Waals surface area contributed by atoms with Gasteiger partial charge in [-0.25, -0.2) is 0 Å². The van der Waals surface area contributed by atoms with Gasteiger partial charge in [0.25, 0.3) is 0 Å². The largest absolute Gasteiger partial charge is 0.377 e. The molecule has 2 fully saturated rings. The molecule has 2 atom stereocenters. The Kier molecular flexibility index (Phi) is 3.75. The molecule has 0 aromatic heterocycles. The number of rotatable bonds is 4. The topological polar surface area (TPSA) is 39.7 Å². The third kappa shape index (κ3) is 2.67. The minimum atomic E-state index is -0.0566. The van der Waals surface area contributed by atoms with Gasteiger partial charge in [0, 0.05) is 19.2 Å². The van der Waals surface area contributed by atoms with Gasteiger partial charge in [0.2, 0.25) is 0 Å². The fraction of sp³-hybridized carbons (Fsp3) is 1.00. The second-order valence-electron chi connectivity index (χ2n) is 3.92. The first-order chi connectivity index (χ1) is 6.86. The van der Waals surface area contributed by atoms with E-state index in [0.29, 0.717) is 12.1 Å². The summed E-state index contributed by atoms with van der Waals surface area (Å²) < 4.78 is 16.3. The quantitative estimate of drug-likeness (QED) is 0.719. The highest BCUT2D eigenvalue weighted by molar-refractivity contribution is 4.77. The van der Waals surface area contributed by atoms with Gasteiger partial charge in [-0.3, -0.25) is 0 Å². The molecule has 0 bridgehead atoms. The molecule has 2 rings (SSSR count). The van der Waals surface area contributed by atoms with Crippen LogP contribution >= 0.6 is 0 Å². The van der Waals surface area contributed by atoms with Gasteiger partial charge >= 0.3 is 0 Å². The first kappa shape index (κ1) is 10.4. The zero-order valence-electron chi connectivity index (χ0n) is 8.70. The molecule has 2 saturated heterocycles. The molecule has 4 nitrogen and oxygen atoms in total. The van der Waals surface area contributed by atoms with Crippen LogP contribution in [0.2, 0.25) is 0 Å². The van der Waals surface area contributed by atoms with Gasteiger partial charge in [-0.1, -0.05) is 0 Å². The first-order valence-corrected chi connectivity index (χ1v) is 5.44. The van der Waals surface area contributed by atoms with Gasteiger partial charge in [-0.15, -0.1) is 0 Å². The van der Waals surface area contributed by atoms with Crippen LogP contribution in [0.1, 0.15) is 19.8 Å². The van der Waals surface area contributed by atoms with Crippen molar-refractivity contribution in [3.8, 4) is 0 Å². The highest BCUT2D eigenvalue weighted by Crippen LogP contribution is 2.15. The summed E-state index contributed by atoms with van der Waals surface area (Å²) in [4.78, 5) is 0. The second kappa shape index (κ2) is 5.07. The highest BCUT2D eigenvalue weighted by Gasteiger charge is 2.23. The Balaban J connectivity index is 1.63. The lowest BCUT2D eigenvalue weighted by Gasteiger charge is -2.21. The summed E-state index contributed by atoms with van der Waals surface area (Å²) >= 11 is 0. The molecule has 0 aliphatic carbocycles. The zero-order valence-corrected chi connectivity index (χ0v) is 8.70. The Morgan fingerprint density at radius 3 is 2.64 bits per heavy atom.